The molecule has 0 spiro atoms. The van der Waals surface area contributed by atoms with Crippen molar-refractivity contribution in [3.63, 3.8) is 0 Å². The number of aromatic nitrogens is 2. The molecule has 0 radical (unpaired) electrons. The molecule has 1 atom stereocenters. The monoisotopic (exact) mass is 322 g/mol. The zero-order valence-electron chi connectivity index (χ0n) is 11.2. The van der Waals surface area contributed by atoms with Gasteiger partial charge in [0.2, 0.25) is 0 Å². The van der Waals surface area contributed by atoms with E-state index in [1.54, 1.807) is 0 Å². The first-order chi connectivity index (χ1) is 9.13. The highest BCUT2D eigenvalue weighted by Gasteiger charge is 2.14. The largest absolute Gasteiger partial charge is 0.271 e. The molecule has 1 aromatic carbocycles. The second kappa shape index (κ2) is 6.32. The second-order valence-electron chi connectivity index (χ2n) is 4.57. The number of aryl methyl sites for hydroxylation is 2. The van der Waals surface area contributed by atoms with Crippen molar-refractivity contribution in [2.24, 2.45) is 5.84 Å². The van der Waals surface area contributed by atoms with Crippen LogP contribution in [0.1, 0.15) is 29.9 Å². The summed E-state index contributed by atoms with van der Waals surface area (Å²) in [5.74, 6) is 5.70. The van der Waals surface area contributed by atoms with Crippen LogP contribution >= 0.6 is 15.9 Å². The summed E-state index contributed by atoms with van der Waals surface area (Å²) in [6.45, 7) is 4.99. The van der Waals surface area contributed by atoms with Crippen molar-refractivity contribution in [2.75, 3.05) is 0 Å². The van der Waals surface area contributed by atoms with E-state index in [2.05, 4.69) is 51.6 Å². The molecule has 102 valence electrons. The van der Waals surface area contributed by atoms with Gasteiger partial charge in [-0.2, -0.15) is 5.10 Å². The zero-order valence-corrected chi connectivity index (χ0v) is 12.8. The summed E-state index contributed by atoms with van der Waals surface area (Å²) >= 11 is 3.44. The molecule has 0 aliphatic heterocycles. The summed E-state index contributed by atoms with van der Waals surface area (Å²) in [7, 11) is 0. The Labute approximate surface area is 122 Å². The Morgan fingerprint density at radius 3 is 2.63 bits per heavy atom. The van der Waals surface area contributed by atoms with Crippen molar-refractivity contribution >= 4 is 15.9 Å². The van der Waals surface area contributed by atoms with E-state index in [4.69, 9.17) is 5.84 Å². The maximum absolute atomic E-state index is 5.70. The third-order valence-electron chi connectivity index (χ3n) is 3.17. The standard InChI is InChI=1S/C14H19BrN4/c1-3-19-13(8-10(2)18-19)9-14(17-16)11-4-6-12(15)7-5-11/h4-8,14,17H,3,9,16H2,1-2H3. The van der Waals surface area contributed by atoms with Crippen LogP contribution in [-0.4, -0.2) is 9.78 Å². The molecule has 0 aliphatic rings. The number of benzene rings is 1. The molecular weight excluding hydrogens is 304 g/mol. The molecule has 1 aromatic heterocycles. The van der Waals surface area contributed by atoms with Crippen LogP contribution in [0.25, 0.3) is 0 Å². The lowest BCUT2D eigenvalue weighted by atomic mass is 10.0. The van der Waals surface area contributed by atoms with Gasteiger partial charge in [-0.3, -0.25) is 16.0 Å². The van der Waals surface area contributed by atoms with E-state index < -0.39 is 0 Å². The number of nitrogens with two attached hydrogens (primary N) is 1. The smallest absolute Gasteiger partial charge is 0.0596 e. The molecule has 0 aliphatic carbocycles. The fourth-order valence-corrected chi connectivity index (χ4v) is 2.48. The molecular formula is C14H19BrN4. The summed E-state index contributed by atoms with van der Waals surface area (Å²) in [4.78, 5) is 0. The van der Waals surface area contributed by atoms with Crippen molar-refractivity contribution in [3.05, 3.63) is 51.8 Å². The number of hydrogen-bond acceptors (Lipinski definition) is 3. The molecule has 1 heterocycles. The Balaban J connectivity index is 2.21. The Bertz CT molecular complexity index is 533. The van der Waals surface area contributed by atoms with E-state index in [1.807, 2.05) is 23.7 Å². The van der Waals surface area contributed by atoms with Gasteiger partial charge in [-0.15, -0.1) is 0 Å². The van der Waals surface area contributed by atoms with Crippen molar-refractivity contribution in [3.8, 4) is 0 Å². The molecule has 19 heavy (non-hydrogen) atoms. The van der Waals surface area contributed by atoms with Gasteiger partial charge in [0.25, 0.3) is 0 Å². The first-order valence-corrected chi connectivity index (χ1v) is 7.18. The SMILES string of the molecule is CCn1nc(C)cc1CC(NN)c1ccc(Br)cc1. The number of rotatable bonds is 5. The van der Waals surface area contributed by atoms with Gasteiger partial charge in [0, 0.05) is 23.1 Å². The zero-order chi connectivity index (χ0) is 13.8. The van der Waals surface area contributed by atoms with Gasteiger partial charge in [-0.1, -0.05) is 28.1 Å². The topological polar surface area (TPSA) is 55.9 Å². The van der Waals surface area contributed by atoms with Crippen LogP contribution in [0.4, 0.5) is 0 Å². The maximum atomic E-state index is 5.70. The van der Waals surface area contributed by atoms with Crippen LogP contribution in [-0.2, 0) is 13.0 Å². The van der Waals surface area contributed by atoms with Crippen LogP contribution in [0.5, 0.6) is 0 Å². The lowest BCUT2D eigenvalue weighted by Crippen LogP contribution is -2.30. The quantitative estimate of drug-likeness (QED) is 0.657. The van der Waals surface area contributed by atoms with E-state index in [1.165, 1.54) is 11.3 Å². The average molecular weight is 323 g/mol. The normalized spacial score (nSPS) is 12.6. The van der Waals surface area contributed by atoms with Gasteiger partial charge in [0.05, 0.1) is 11.7 Å². The summed E-state index contributed by atoms with van der Waals surface area (Å²) in [5, 5.41) is 4.46. The highest BCUT2D eigenvalue weighted by molar-refractivity contribution is 9.10. The van der Waals surface area contributed by atoms with E-state index in [0.29, 0.717) is 0 Å². The Hall–Kier alpha value is -1.17. The highest BCUT2D eigenvalue weighted by Crippen LogP contribution is 2.20. The summed E-state index contributed by atoms with van der Waals surface area (Å²) in [6.07, 6.45) is 0.826. The number of nitrogens with zero attached hydrogens (tertiary/aromatic N) is 2. The average Bonchev–Trinajstić information content (AvgIpc) is 2.77. The molecule has 5 heteroatoms. The van der Waals surface area contributed by atoms with Crippen LogP contribution in [0.15, 0.2) is 34.8 Å². The minimum absolute atomic E-state index is 0.0921. The van der Waals surface area contributed by atoms with Crippen LogP contribution in [0.2, 0.25) is 0 Å². The Morgan fingerprint density at radius 2 is 2.05 bits per heavy atom. The fraction of sp³-hybridized carbons (Fsp3) is 0.357. The van der Waals surface area contributed by atoms with Gasteiger partial charge >= 0.3 is 0 Å². The Kier molecular flexibility index (Phi) is 4.74. The molecule has 0 fully saturated rings. The first kappa shape index (κ1) is 14.2. The van der Waals surface area contributed by atoms with Crippen LogP contribution < -0.4 is 11.3 Å². The van der Waals surface area contributed by atoms with Gasteiger partial charge in [0.15, 0.2) is 0 Å². The molecule has 2 aromatic rings. The molecule has 0 bridgehead atoms. The van der Waals surface area contributed by atoms with Gasteiger partial charge in [-0.05, 0) is 37.6 Å². The molecule has 2 rings (SSSR count). The predicted octanol–water partition coefficient (Wildman–Crippen LogP) is 2.72. The molecule has 3 N–H and O–H groups in total. The van der Waals surface area contributed by atoms with Crippen molar-refractivity contribution in [1.29, 1.82) is 0 Å². The number of nitrogens with one attached hydrogen (secondary N) is 1. The van der Waals surface area contributed by atoms with E-state index >= 15 is 0 Å². The molecule has 1 unspecified atom stereocenters. The molecule has 0 saturated heterocycles. The first-order valence-electron chi connectivity index (χ1n) is 6.39. The maximum Gasteiger partial charge on any atom is 0.0596 e. The summed E-state index contributed by atoms with van der Waals surface area (Å²) < 4.78 is 3.10. The van der Waals surface area contributed by atoms with E-state index in [9.17, 15) is 0 Å². The minimum Gasteiger partial charge on any atom is -0.271 e. The van der Waals surface area contributed by atoms with Crippen molar-refractivity contribution in [1.82, 2.24) is 15.2 Å². The molecule has 4 nitrogen and oxygen atoms in total. The van der Waals surface area contributed by atoms with Gasteiger partial charge in [0.1, 0.15) is 0 Å². The van der Waals surface area contributed by atoms with Crippen molar-refractivity contribution in [2.45, 2.75) is 32.9 Å². The van der Waals surface area contributed by atoms with Gasteiger partial charge < -0.3 is 0 Å². The molecule has 0 saturated carbocycles. The van der Waals surface area contributed by atoms with Crippen LogP contribution in [0.3, 0.4) is 0 Å². The number of halogens is 1. The second-order valence-corrected chi connectivity index (χ2v) is 5.48. The predicted molar refractivity (Wildman–Crippen MR) is 80.5 cm³/mol. The summed E-state index contributed by atoms with van der Waals surface area (Å²) in [6, 6.07) is 10.4. The lowest BCUT2D eigenvalue weighted by molar-refractivity contribution is 0.517. The minimum atomic E-state index is 0.0921. The van der Waals surface area contributed by atoms with Crippen molar-refractivity contribution < 1.29 is 0 Å². The lowest BCUT2D eigenvalue weighted by Gasteiger charge is -2.17. The summed E-state index contributed by atoms with van der Waals surface area (Å²) in [5.41, 5.74) is 6.31. The number of hydrazine groups is 1. The van der Waals surface area contributed by atoms with E-state index in [0.717, 1.165) is 23.1 Å². The van der Waals surface area contributed by atoms with Crippen LogP contribution in [0, 0.1) is 6.92 Å². The number of hydrogen-bond donors (Lipinski definition) is 2. The fourth-order valence-electron chi connectivity index (χ4n) is 2.21. The van der Waals surface area contributed by atoms with Gasteiger partial charge in [-0.25, -0.2) is 0 Å². The third-order valence-corrected chi connectivity index (χ3v) is 3.70. The molecule has 0 amide bonds. The Morgan fingerprint density at radius 1 is 1.37 bits per heavy atom. The highest BCUT2D eigenvalue weighted by atomic mass is 79.9. The van der Waals surface area contributed by atoms with E-state index in [-0.39, 0.29) is 6.04 Å². The third kappa shape index (κ3) is 3.43.